The Bertz CT molecular complexity index is 716. The molecule has 0 fully saturated rings. The van der Waals surface area contributed by atoms with E-state index in [1.54, 1.807) is 13.8 Å². The predicted molar refractivity (Wildman–Crippen MR) is 83.9 cm³/mol. The van der Waals surface area contributed by atoms with Crippen molar-refractivity contribution in [3.63, 3.8) is 0 Å². The molecule has 128 valence electrons. The van der Waals surface area contributed by atoms with Crippen LogP contribution in [0.15, 0.2) is 42.1 Å². The van der Waals surface area contributed by atoms with Gasteiger partial charge in [-0.1, -0.05) is 12.1 Å². The van der Waals surface area contributed by atoms with Gasteiger partial charge in [0, 0.05) is 23.9 Å². The second-order valence-corrected chi connectivity index (χ2v) is 5.17. The number of allylic oxidation sites excluding steroid dienone is 1. The van der Waals surface area contributed by atoms with Crippen LogP contribution >= 0.6 is 0 Å². The summed E-state index contributed by atoms with van der Waals surface area (Å²) >= 11 is 0. The Balaban J connectivity index is 2.57. The Morgan fingerprint density at radius 2 is 2.17 bits per heavy atom. The first-order chi connectivity index (χ1) is 11.4. The summed E-state index contributed by atoms with van der Waals surface area (Å²) in [6, 6.07) is 1.41. The van der Waals surface area contributed by atoms with E-state index in [0.717, 1.165) is 6.07 Å². The van der Waals surface area contributed by atoms with Crippen molar-refractivity contribution >= 4 is 12.0 Å². The van der Waals surface area contributed by atoms with Gasteiger partial charge in [0.15, 0.2) is 0 Å². The quantitative estimate of drug-likeness (QED) is 0.664. The molecule has 0 bridgehead atoms. The smallest absolute Gasteiger partial charge is 0.338 e. The van der Waals surface area contributed by atoms with Crippen molar-refractivity contribution in [2.75, 3.05) is 13.2 Å². The van der Waals surface area contributed by atoms with E-state index in [1.807, 2.05) is 0 Å². The first kappa shape index (κ1) is 17.7. The van der Waals surface area contributed by atoms with Crippen molar-refractivity contribution in [3.05, 3.63) is 59.3 Å². The summed E-state index contributed by atoms with van der Waals surface area (Å²) in [4.78, 5) is 25.9. The third kappa shape index (κ3) is 3.29. The molecule has 1 aliphatic heterocycles. The van der Waals surface area contributed by atoms with Crippen LogP contribution < -0.4 is 5.32 Å². The van der Waals surface area contributed by atoms with Crippen LogP contribution in [0.4, 0.5) is 13.6 Å². The number of hydrogen-bond donors (Lipinski definition) is 1. The van der Waals surface area contributed by atoms with E-state index in [9.17, 15) is 18.4 Å². The third-order valence-corrected chi connectivity index (χ3v) is 3.68. The molecule has 1 aliphatic rings. The summed E-state index contributed by atoms with van der Waals surface area (Å²) < 4.78 is 32.3. The number of esters is 1. The maximum absolute atomic E-state index is 14.2. The van der Waals surface area contributed by atoms with E-state index < -0.39 is 29.7 Å². The van der Waals surface area contributed by atoms with Gasteiger partial charge in [-0.2, -0.15) is 0 Å². The van der Waals surface area contributed by atoms with Crippen molar-refractivity contribution in [1.82, 2.24) is 10.2 Å². The highest BCUT2D eigenvalue weighted by molar-refractivity contribution is 5.95. The Morgan fingerprint density at radius 3 is 2.75 bits per heavy atom. The summed E-state index contributed by atoms with van der Waals surface area (Å²) in [6.45, 7) is 7.09. The fourth-order valence-electron chi connectivity index (χ4n) is 2.57. The molecule has 7 heteroatoms. The largest absolute Gasteiger partial charge is 0.463 e. The number of urea groups is 1. The lowest BCUT2D eigenvalue weighted by Gasteiger charge is -2.34. The summed E-state index contributed by atoms with van der Waals surface area (Å²) in [5.41, 5.74) is 0.431. The predicted octanol–water partition coefficient (Wildman–Crippen LogP) is 3.05. The summed E-state index contributed by atoms with van der Waals surface area (Å²) in [5.74, 6) is -2.27. The summed E-state index contributed by atoms with van der Waals surface area (Å²) in [7, 11) is 0. The zero-order valence-electron chi connectivity index (χ0n) is 13.4. The molecule has 2 rings (SSSR count). The highest BCUT2D eigenvalue weighted by Crippen LogP contribution is 2.32. The average molecular weight is 336 g/mol. The van der Waals surface area contributed by atoms with Gasteiger partial charge >= 0.3 is 12.0 Å². The van der Waals surface area contributed by atoms with E-state index in [0.29, 0.717) is 11.8 Å². The first-order valence-corrected chi connectivity index (χ1v) is 7.42. The molecule has 1 aromatic carbocycles. The zero-order chi connectivity index (χ0) is 17.9. The van der Waals surface area contributed by atoms with Gasteiger partial charge in [0.25, 0.3) is 0 Å². The first-order valence-electron chi connectivity index (χ1n) is 7.42. The minimum absolute atomic E-state index is 0.00888. The third-order valence-electron chi connectivity index (χ3n) is 3.68. The normalized spacial score (nSPS) is 17.6. The lowest BCUT2D eigenvalue weighted by atomic mass is 9.94. The standard InChI is InChI=1S/C17H18F2N2O3/c1-4-8-21-10(3)14(16(22)24-5-2)15(20-17(21)23)12-7-6-11(18)9-13(12)19/h4,6-7,9,15H,1,5,8H2,2-3H3,(H,20,23)/t15-/m0/s1. The topological polar surface area (TPSA) is 58.6 Å². The molecular weight excluding hydrogens is 318 g/mol. The molecule has 0 saturated heterocycles. The number of carbonyl (C=O) groups is 2. The number of nitrogens with one attached hydrogen (secondary N) is 1. The molecule has 1 aromatic rings. The van der Waals surface area contributed by atoms with E-state index >= 15 is 0 Å². The molecular formula is C17H18F2N2O3. The Kier molecular flexibility index (Phi) is 5.33. The number of hydrogen-bond acceptors (Lipinski definition) is 3. The van der Waals surface area contributed by atoms with Crippen molar-refractivity contribution in [1.29, 1.82) is 0 Å². The maximum atomic E-state index is 14.2. The van der Waals surface area contributed by atoms with Gasteiger partial charge < -0.3 is 10.1 Å². The van der Waals surface area contributed by atoms with Crippen LogP contribution in [0.25, 0.3) is 0 Å². The SMILES string of the molecule is C=CCN1C(=O)N[C@@H](c2ccc(F)cc2F)C(C(=O)OCC)=C1C. The van der Waals surface area contributed by atoms with Crippen LogP contribution in [0.1, 0.15) is 25.5 Å². The van der Waals surface area contributed by atoms with Gasteiger partial charge in [-0.15, -0.1) is 6.58 Å². The molecule has 1 heterocycles. The molecule has 0 saturated carbocycles. The second-order valence-electron chi connectivity index (χ2n) is 5.17. The zero-order valence-corrected chi connectivity index (χ0v) is 13.4. The van der Waals surface area contributed by atoms with Gasteiger partial charge in [0.2, 0.25) is 0 Å². The number of ether oxygens (including phenoxy) is 1. The van der Waals surface area contributed by atoms with E-state index in [-0.39, 0.29) is 24.3 Å². The van der Waals surface area contributed by atoms with Gasteiger partial charge in [-0.3, -0.25) is 4.90 Å². The van der Waals surface area contributed by atoms with Crippen LogP contribution in [-0.2, 0) is 9.53 Å². The van der Waals surface area contributed by atoms with Crippen molar-refractivity contribution in [2.45, 2.75) is 19.9 Å². The second kappa shape index (κ2) is 7.25. The Labute approximate surface area is 138 Å². The number of amides is 2. The molecule has 0 unspecified atom stereocenters. The van der Waals surface area contributed by atoms with Crippen LogP contribution in [-0.4, -0.2) is 30.1 Å². The van der Waals surface area contributed by atoms with Crippen LogP contribution in [0.2, 0.25) is 0 Å². The number of benzene rings is 1. The molecule has 0 aliphatic carbocycles. The van der Waals surface area contributed by atoms with Gasteiger partial charge in [0.1, 0.15) is 11.6 Å². The molecule has 1 atom stereocenters. The van der Waals surface area contributed by atoms with E-state index in [2.05, 4.69) is 11.9 Å². The van der Waals surface area contributed by atoms with Gasteiger partial charge in [-0.05, 0) is 19.9 Å². The fraction of sp³-hybridized carbons (Fsp3) is 0.294. The highest BCUT2D eigenvalue weighted by atomic mass is 19.1. The van der Waals surface area contributed by atoms with Crippen molar-refractivity contribution in [3.8, 4) is 0 Å². The number of halogens is 2. The Hall–Kier alpha value is -2.70. The van der Waals surface area contributed by atoms with Crippen molar-refractivity contribution < 1.29 is 23.1 Å². The molecule has 1 N–H and O–H groups in total. The molecule has 2 amide bonds. The molecule has 0 spiro atoms. The molecule has 0 radical (unpaired) electrons. The lowest BCUT2D eigenvalue weighted by molar-refractivity contribution is -0.139. The number of carbonyl (C=O) groups excluding carboxylic acids is 2. The molecule has 5 nitrogen and oxygen atoms in total. The fourth-order valence-corrected chi connectivity index (χ4v) is 2.57. The molecule has 0 aromatic heterocycles. The van der Waals surface area contributed by atoms with Crippen LogP contribution in [0.5, 0.6) is 0 Å². The number of nitrogens with zero attached hydrogens (tertiary/aromatic N) is 1. The number of rotatable bonds is 5. The van der Waals surface area contributed by atoms with Crippen molar-refractivity contribution in [2.24, 2.45) is 0 Å². The summed E-state index contributed by atoms with van der Waals surface area (Å²) in [6.07, 6.45) is 1.50. The molecule has 24 heavy (non-hydrogen) atoms. The van der Waals surface area contributed by atoms with Gasteiger partial charge in [0.05, 0.1) is 18.2 Å². The maximum Gasteiger partial charge on any atom is 0.338 e. The minimum atomic E-state index is -1.06. The van der Waals surface area contributed by atoms with Crippen LogP contribution in [0.3, 0.4) is 0 Å². The lowest BCUT2D eigenvalue weighted by Crippen LogP contribution is -2.48. The summed E-state index contributed by atoms with van der Waals surface area (Å²) in [5, 5.41) is 2.57. The highest BCUT2D eigenvalue weighted by Gasteiger charge is 2.37. The van der Waals surface area contributed by atoms with Gasteiger partial charge in [-0.25, -0.2) is 18.4 Å². The monoisotopic (exact) mass is 336 g/mol. The van der Waals surface area contributed by atoms with E-state index in [4.69, 9.17) is 4.74 Å². The minimum Gasteiger partial charge on any atom is -0.463 e. The van der Waals surface area contributed by atoms with E-state index in [1.165, 1.54) is 17.0 Å². The average Bonchev–Trinajstić information content (AvgIpc) is 2.51. The van der Waals surface area contributed by atoms with Crippen LogP contribution in [0, 0.1) is 11.6 Å². The Morgan fingerprint density at radius 1 is 1.46 bits per heavy atom.